The number of sulfonamides is 1. The van der Waals surface area contributed by atoms with Crippen LogP contribution in [0.3, 0.4) is 0 Å². The number of benzene rings is 3. The van der Waals surface area contributed by atoms with Crippen molar-refractivity contribution in [2.75, 3.05) is 30.4 Å². The monoisotopic (exact) mass is 440 g/mol. The van der Waals surface area contributed by atoms with E-state index in [4.69, 9.17) is 9.47 Å². The number of hydrogen-bond acceptors (Lipinski definition) is 5. The van der Waals surface area contributed by atoms with Crippen LogP contribution in [0.4, 0.5) is 11.4 Å². The lowest BCUT2D eigenvalue weighted by molar-refractivity contribution is -0.114. The Hall–Kier alpha value is -3.52. The lowest BCUT2D eigenvalue weighted by Gasteiger charge is -2.25. The first kappa shape index (κ1) is 22.2. The van der Waals surface area contributed by atoms with Crippen molar-refractivity contribution in [1.82, 2.24) is 0 Å². The molecule has 1 amide bonds. The van der Waals surface area contributed by atoms with Gasteiger partial charge in [-0.2, -0.15) is 0 Å². The van der Waals surface area contributed by atoms with Gasteiger partial charge in [0.15, 0.2) is 0 Å². The molecule has 0 heterocycles. The SMILES string of the molecule is COc1ccc(S(=O)(=O)N(CC(=O)Nc2ccccc2C)c2ccccc2OC)cc1. The highest BCUT2D eigenvalue weighted by Gasteiger charge is 2.29. The van der Waals surface area contributed by atoms with E-state index in [1.165, 1.54) is 26.4 Å². The zero-order chi connectivity index (χ0) is 22.4. The van der Waals surface area contributed by atoms with Gasteiger partial charge in [-0.25, -0.2) is 8.42 Å². The van der Waals surface area contributed by atoms with Gasteiger partial charge in [-0.3, -0.25) is 9.10 Å². The summed E-state index contributed by atoms with van der Waals surface area (Å²) in [5.74, 6) is 0.389. The van der Waals surface area contributed by atoms with Crippen LogP contribution in [0.1, 0.15) is 5.56 Å². The summed E-state index contributed by atoms with van der Waals surface area (Å²) >= 11 is 0. The Morgan fingerprint density at radius 2 is 1.55 bits per heavy atom. The number of nitrogens with one attached hydrogen (secondary N) is 1. The summed E-state index contributed by atoms with van der Waals surface area (Å²) in [4.78, 5) is 12.9. The van der Waals surface area contributed by atoms with E-state index in [1.807, 2.05) is 19.1 Å². The summed E-state index contributed by atoms with van der Waals surface area (Å²) in [6.45, 7) is 1.44. The number of rotatable bonds is 8. The highest BCUT2D eigenvalue weighted by molar-refractivity contribution is 7.92. The molecule has 31 heavy (non-hydrogen) atoms. The van der Waals surface area contributed by atoms with Crippen LogP contribution in [0.15, 0.2) is 77.7 Å². The van der Waals surface area contributed by atoms with Crippen molar-refractivity contribution in [2.45, 2.75) is 11.8 Å². The van der Waals surface area contributed by atoms with Gasteiger partial charge in [-0.1, -0.05) is 30.3 Å². The normalized spacial score (nSPS) is 10.9. The highest BCUT2D eigenvalue weighted by Crippen LogP contribution is 2.32. The van der Waals surface area contributed by atoms with Gasteiger partial charge in [-0.05, 0) is 55.0 Å². The quantitative estimate of drug-likeness (QED) is 0.575. The van der Waals surface area contributed by atoms with Crippen molar-refractivity contribution in [3.05, 3.63) is 78.4 Å². The molecule has 7 nitrogen and oxygen atoms in total. The lowest BCUT2D eigenvalue weighted by atomic mass is 10.2. The van der Waals surface area contributed by atoms with E-state index in [1.54, 1.807) is 48.5 Å². The van der Waals surface area contributed by atoms with Crippen LogP contribution in [0.5, 0.6) is 11.5 Å². The third-order valence-electron chi connectivity index (χ3n) is 4.71. The Balaban J connectivity index is 2.00. The van der Waals surface area contributed by atoms with Crippen LogP contribution >= 0.6 is 0 Å². The molecule has 0 aromatic heterocycles. The molecular formula is C23H24N2O5S. The van der Waals surface area contributed by atoms with E-state index in [-0.39, 0.29) is 10.6 Å². The Morgan fingerprint density at radius 1 is 0.903 bits per heavy atom. The predicted octanol–water partition coefficient (Wildman–Crippen LogP) is 3.85. The van der Waals surface area contributed by atoms with E-state index in [0.717, 1.165) is 9.87 Å². The predicted molar refractivity (Wildman–Crippen MR) is 120 cm³/mol. The van der Waals surface area contributed by atoms with Crippen LogP contribution in [0.2, 0.25) is 0 Å². The molecule has 0 aliphatic rings. The number of carbonyl (C=O) groups is 1. The topological polar surface area (TPSA) is 84.9 Å². The van der Waals surface area contributed by atoms with Gasteiger partial charge in [0.1, 0.15) is 18.0 Å². The van der Waals surface area contributed by atoms with E-state index < -0.39 is 22.5 Å². The van der Waals surface area contributed by atoms with Gasteiger partial charge in [-0.15, -0.1) is 0 Å². The number of ether oxygens (including phenoxy) is 2. The molecule has 0 saturated carbocycles. The molecule has 3 aromatic rings. The van der Waals surface area contributed by atoms with E-state index in [2.05, 4.69) is 5.32 Å². The van der Waals surface area contributed by atoms with E-state index >= 15 is 0 Å². The molecule has 0 aliphatic carbocycles. The first-order chi connectivity index (χ1) is 14.9. The fraction of sp³-hybridized carbons (Fsp3) is 0.174. The molecule has 1 N–H and O–H groups in total. The van der Waals surface area contributed by atoms with Crippen molar-refractivity contribution in [3.8, 4) is 11.5 Å². The summed E-state index contributed by atoms with van der Waals surface area (Å²) in [7, 11) is -1.12. The fourth-order valence-corrected chi connectivity index (χ4v) is 4.48. The average molecular weight is 441 g/mol. The third kappa shape index (κ3) is 4.97. The largest absolute Gasteiger partial charge is 0.497 e. The third-order valence-corrected chi connectivity index (χ3v) is 6.48. The van der Waals surface area contributed by atoms with Crippen molar-refractivity contribution in [2.24, 2.45) is 0 Å². The van der Waals surface area contributed by atoms with Crippen LogP contribution in [0, 0.1) is 6.92 Å². The van der Waals surface area contributed by atoms with Crippen molar-refractivity contribution >= 4 is 27.3 Å². The van der Waals surface area contributed by atoms with Crippen molar-refractivity contribution < 1.29 is 22.7 Å². The number of aryl methyl sites for hydroxylation is 1. The molecule has 0 fully saturated rings. The number of amides is 1. The Morgan fingerprint density at radius 3 is 2.19 bits per heavy atom. The molecule has 0 aliphatic heterocycles. The molecule has 3 aromatic carbocycles. The van der Waals surface area contributed by atoms with Crippen LogP contribution in [0.25, 0.3) is 0 Å². The molecule has 0 spiro atoms. The number of anilines is 2. The number of methoxy groups -OCH3 is 2. The minimum absolute atomic E-state index is 0.0305. The van der Waals surface area contributed by atoms with Gasteiger partial charge in [0, 0.05) is 5.69 Å². The van der Waals surface area contributed by atoms with Crippen LogP contribution < -0.4 is 19.1 Å². The summed E-state index contributed by atoms with van der Waals surface area (Å²) in [5, 5.41) is 2.78. The maximum absolute atomic E-state index is 13.5. The fourth-order valence-electron chi connectivity index (χ4n) is 3.04. The Bertz CT molecular complexity index is 1160. The average Bonchev–Trinajstić information content (AvgIpc) is 2.79. The minimum Gasteiger partial charge on any atom is -0.497 e. The van der Waals surface area contributed by atoms with Gasteiger partial charge >= 0.3 is 0 Å². The standard InChI is InChI=1S/C23H24N2O5S/c1-17-8-4-5-9-20(17)24-23(26)16-25(21-10-6-7-11-22(21)30-3)31(27,28)19-14-12-18(29-2)13-15-19/h4-15H,16H2,1-3H3,(H,24,26). The second-order valence-electron chi connectivity index (χ2n) is 6.72. The molecule has 0 saturated heterocycles. The molecule has 162 valence electrons. The minimum atomic E-state index is -4.07. The molecule has 0 unspecified atom stereocenters. The summed E-state index contributed by atoms with van der Waals surface area (Å²) in [5.41, 5.74) is 1.76. The summed E-state index contributed by atoms with van der Waals surface area (Å²) in [6, 6.07) is 19.9. The zero-order valence-electron chi connectivity index (χ0n) is 17.5. The number of hydrogen-bond donors (Lipinski definition) is 1. The molecule has 3 rings (SSSR count). The number of para-hydroxylation sites is 3. The van der Waals surface area contributed by atoms with Gasteiger partial charge < -0.3 is 14.8 Å². The second-order valence-corrected chi connectivity index (χ2v) is 8.58. The number of nitrogens with zero attached hydrogens (tertiary/aromatic N) is 1. The van der Waals surface area contributed by atoms with Crippen molar-refractivity contribution in [3.63, 3.8) is 0 Å². The first-order valence-corrected chi connectivity index (χ1v) is 11.0. The second kappa shape index (κ2) is 9.53. The Labute approximate surface area is 182 Å². The summed E-state index contributed by atoms with van der Waals surface area (Å²) in [6.07, 6.45) is 0. The zero-order valence-corrected chi connectivity index (χ0v) is 18.3. The van der Waals surface area contributed by atoms with Crippen LogP contribution in [-0.2, 0) is 14.8 Å². The maximum atomic E-state index is 13.5. The van der Waals surface area contributed by atoms with Crippen molar-refractivity contribution in [1.29, 1.82) is 0 Å². The van der Waals surface area contributed by atoms with Gasteiger partial charge in [0.25, 0.3) is 10.0 Å². The van der Waals surface area contributed by atoms with E-state index in [9.17, 15) is 13.2 Å². The molecular weight excluding hydrogens is 416 g/mol. The molecule has 0 bridgehead atoms. The first-order valence-electron chi connectivity index (χ1n) is 9.52. The maximum Gasteiger partial charge on any atom is 0.264 e. The molecule has 8 heteroatoms. The van der Waals surface area contributed by atoms with Gasteiger partial charge in [0.2, 0.25) is 5.91 Å². The molecule has 0 atom stereocenters. The smallest absolute Gasteiger partial charge is 0.264 e. The van der Waals surface area contributed by atoms with E-state index in [0.29, 0.717) is 17.2 Å². The van der Waals surface area contributed by atoms with Crippen LogP contribution in [-0.4, -0.2) is 35.1 Å². The Kier molecular flexibility index (Phi) is 6.81. The summed E-state index contributed by atoms with van der Waals surface area (Å²) < 4.78 is 38.5. The highest BCUT2D eigenvalue weighted by atomic mass is 32.2. The van der Waals surface area contributed by atoms with Gasteiger partial charge in [0.05, 0.1) is 24.8 Å². The lowest BCUT2D eigenvalue weighted by Crippen LogP contribution is -2.38. The number of carbonyl (C=O) groups excluding carboxylic acids is 1. The molecule has 0 radical (unpaired) electrons.